The van der Waals surface area contributed by atoms with E-state index in [1.54, 1.807) is 12.1 Å². The summed E-state index contributed by atoms with van der Waals surface area (Å²) in [5, 5.41) is 10.2. The smallest absolute Gasteiger partial charge is 0.220 e. The lowest BCUT2D eigenvalue weighted by Gasteiger charge is -2.24. The molecule has 6 heteroatoms. The van der Waals surface area contributed by atoms with Gasteiger partial charge in [0.05, 0.1) is 11.9 Å². The SMILES string of the molecule is CN(Cc1cn[nH]c1-c1ccc(F)cc1)[C@H]1C[C@H]2CNC(=O)C[C@H]2C1. The first-order valence-corrected chi connectivity index (χ1v) is 8.85. The normalized spacial score (nSPS) is 25.9. The third-order valence-corrected chi connectivity index (χ3v) is 5.72. The lowest BCUT2D eigenvalue weighted by Crippen LogP contribution is -2.38. The summed E-state index contributed by atoms with van der Waals surface area (Å²) in [4.78, 5) is 14.0. The van der Waals surface area contributed by atoms with Crippen LogP contribution < -0.4 is 5.32 Å². The second-order valence-electron chi connectivity index (χ2n) is 7.35. The molecule has 2 heterocycles. The van der Waals surface area contributed by atoms with Crippen LogP contribution in [0.25, 0.3) is 11.3 Å². The number of nitrogens with one attached hydrogen (secondary N) is 2. The molecule has 1 saturated carbocycles. The number of fused-ring (bicyclic) bond motifs is 1. The molecule has 1 aliphatic heterocycles. The molecule has 2 N–H and O–H groups in total. The molecule has 0 radical (unpaired) electrons. The van der Waals surface area contributed by atoms with Crippen LogP contribution in [-0.4, -0.2) is 40.6 Å². The number of aromatic nitrogens is 2. The highest BCUT2D eigenvalue weighted by Crippen LogP contribution is 2.38. The molecule has 3 atom stereocenters. The fourth-order valence-electron chi connectivity index (χ4n) is 4.29. The molecule has 1 aromatic carbocycles. The molecule has 0 bridgehead atoms. The van der Waals surface area contributed by atoms with E-state index in [1.807, 2.05) is 6.20 Å². The van der Waals surface area contributed by atoms with Crippen molar-refractivity contribution in [3.8, 4) is 11.3 Å². The Kier molecular flexibility index (Phi) is 4.29. The topological polar surface area (TPSA) is 61.0 Å². The third kappa shape index (κ3) is 3.31. The number of nitrogens with zero attached hydrogens (tertiary/aromatic N) is 2. The van der Waals surface area contributed by atoms with Crippen molar-refractivity contribution >= 4 is 5.91 Å². The summed E-state index contributed by atoms with van der Waals surface area (Å²) in [5.74, 6) is 1.07. The molecule has 1 aromatic heterocycles. The molecule has 1 amide bonds. The number of piperidine rings is 1. The number of H-pyrrole nitrogens is 1. The molecule has 2 aromatic rings. The average Bonchev–Trinajstić information content (AvgIpc) is 3.22. The second kappa shape index (κ2) is 6.59. The van der Waals surface area contributed by atoms with Crippen molar-refractivity contribution in [3.05, 3.63) is 41.8 Å². The van der Waals surface area contributed by atoms with Crippen molar-refractivity contribution in [2.75, 3.05) is 13.6 Å². The first-order chi connectivity index (χ1) is 12.1. The number of rotatable bonds is 4. The Bertz CT molecular complexity index is 757. The Labute approximate surface area is 146 Å². The molecule has 2 fully saturated rings. The third-order valence-electron chi connectivity index (χ3n) is 5.72. The summed E-state index contributed by atoms with van der Waals surface area (Å²) in [6.45, 7) is 1.61. The zero-order valence-electron chi connectivity index (χ0n) is 14.3. The maximum atomic E-state index is 13.2. The van der Waals surface area contributed by atoms with E-state index in [0.29, 0.717) is 24.3 Å². The molecule has 2 aliphatic rings. The van der Waals surface area contributed by atoms with E-state index in [0.717, 1.165) is 42.8 Å². The van der Waals surface area contributed by atoms with Crippen molar-refractivity contribution < 1.29 is 9.18 Å². The van der Waals surface area contributed by atoms with Crippen LogP contribution in [0.5, 0.6) is 0 Å². The van der Waals surface area contributed by atoms with Gasteiger partial charge in [0, 0.05) is 36.7 Å². The van der Waals surface area contributed by atoms with Crippen molar-refractivity contribution in [1.29, 1.82) is 0 Å². The van der Waals surface area contributed by atoms with Gasteiger partial charge in [-0.05, 0) is 56.0 Å². The molecule has 25 heavy (non-hydrogen) atoms. The van der Waals surface area contributed by atoms with E-state index in [9.17, 15) is 9.18 Å². The first kappa shape index (κ1) is 16.3. The number of hydrogen-bond acceptors (Lipinski definition) is 3. The summed E-state index contributed by atoms with van der Waals surface area (Å²) in [5.41, 5.74) is 2.99. The maximum Gasteiger partial charge on any atom is 0.220 e. The van der Waals surface area contributed by atoms with E-state index >= 15 is 0 Å². The zero-order chi connectivity index (χ0) is 17.4. The minimum Gasteiger partial charge on any atom is -0.356 e. The van der Waals surface area contributed by atoms with E-state index < -0.39 is 0 Å². The summed E-state index contributed by atoms with van der Waals surface area (Å²) in [7, 11) is 2.14. The molecule has 0 spiro atoms. The largest absolute Gasteiger partial charge is 0.356 e. The van der Waals surface area contributed by atoms with Crippen molar-refractivity contribution in [3.63, 3.8) is 0 Å². The minimum atomic E-state index is -0.237. The van der Waals surface area contributed by atoms with Crippen molar-refractivity contribution in [1.82, 2.24) is 20.4 Å². The van der Waals surface area contributed by atoms with Crippen LogP contribution in [0.3, 0.4) is 0 Å². The number of carbonyl (C=O) groups is 1. The maximum absolute atomic E-state index is 13.2. The standard InChI is InChI=1S/C19H23FN4O/c1-24(17-6-13-8-18(25)21-9-14(13)7-17)11-15-10-22-23-19(15)12-2-4-16(20)5-3-12/h2-5,10,13-14,17H,6-9,11H2,1H3,(H,21,25)(H,22,23)/t13-,14+,17-/m1/s1. The fraction of sp³-hybridized carbons (Fsp3) is 0.474. The van der Waals surface area contributed by atoms with Gasteiger partial charge in [-0.1, -0.05) is 0 Å². The van der Waals surface area contributed by atoms with Gasteiger partial charge in [-0.25, -0.2) is 4.39 Å². The number of halogens is 1. The Morgan fingerprint density at radius 3 is 2.80 bits per heavy atom. The summed E-state index contributed by atoms with van der Waals surface area (Å²) in [6, 6.07) is 6.96. The van der Waals surface area contributed by atoms with Crippen molar-refractivity contribution in [2.45, 2.75) is 31.8 Å². The lowest BCUT2D eigenvalue weighted by atomic mass is 9.89. The molecular weight excluding hydrogens is 319 g/mol. The number of amides is 1. The molecule has 0 unspecified atom stereocenters. The highest BCUT2D eigenvalue weighted by atomic mass is 19.1. The number of benzene rings is 1. The predicted octanol–water partition coefficient (Wildman–Crippen LogP) is 2.56. The van der Waals surface area contributed by atoms with Gasteiger partial charge in [0.25, 0.3) is 0 Å². The highest BCUT2D eigenvalue weighted by molar-refractivity contribution is 5.77. The van der Waals surface area contributed by atoms with Crippen LogP contribution in [-0.2, 0) is 11.3 Å². The average molecular weight is 342 g/mol. The number of aromatic amines is 1. The van der Waals surface area contributed by atoms with Gasteiger partial charge in [0.15, 0.2) is 0 Å². The van der Waals surface area contributed by atoms with Crippen LogP contribution in [0.2, 0.25) is 0 Å². The summed E-state index contributed by atoms with van der Waals surface area (Å²) < 4.78 is 13.2. The van der Waals surface area contributed by atoms with E-state index in [-0.39, 0.29) is 11.7 Å². The van der Waals surface area contributed by atoms with Crippen LogP contribution >= 0.6 is 0 Å². The molecule has 132 valence electrons. The number of hydrogen-bond donors (Lipinski definition) is 2. The summed E-state index contributed by atoms with van der Waals surface area (Å²) >= 11 is 0. The van der Waals surface area contributed by atoms with Gasteiger partial charge >= 0.3 is 0 Å². The van der Waals surface area contributed by atoms with E-state index in [4.69, 9.17) is 0 Å². The van der Waals surface area contributed by atoms with E-state index in [1.165, 1.54) is 12.1 Å². The molecule has 4 rings (SSSR count). The molecule has 1 aliphatic carbocycles. The Hall–Kier alpha value is -2.21. The Morgan fingerprint density at radius 1 is 1.24 bits per heavy atom. The Morgan fingerprint density at radius 2 is 2.00 bits per heavy atom. The fourth-order valence-corrected chi connectivity index (χ4v) is 4.29. The quantitative estimate of drug-likeness (QED) is 0.898. The van der Waals surface area contributed by atoms with Gasteiger partial charge < -0.3 is 5.32 Å². The minimum absolute atomic E-state index is 0.193. The lowest BCUT2D eigenvalue weighted by molar-refractivity contribution is -0.124. The molecule has 1 saturated heterocycles. The zero-order valence-corrected chi connectivity index (χ0v) is 14.3. The van der Waals surface area contributed by atoms with Crippen LogP contribution in [0.1, 0.15) is 24.8 Å². The van der Waals surface area contributed by atoms with Gasteiger partial charge in [0.1, 0.15) is 5.82 Å². The highest BCUT2D eigenvalue weighted by Gasteiger charge is 2.39. The second-order valence-corrected chi connectivity index (χ2v) is 7.35. The van der Waals surface area contributed by atoms with Crippen LogP contribution in [0.15, 0.2) is 30.5 Å². The van der Waals surface area contributed by atoms with Crippen molar-refractivity contribution in [2.24, 2.45) is 11.8 Å². The van der Waals surface area contributed by atoms with Gasteiger partial charge in [-0.15, -0.1) is 0 Å². The molecular formula is C19H23FN4O. The monoisotopic (exact) mass is 342 g/mol. The predicted molar refractivity (Wildman–Crippen MR) is 93.1 cm³/mol. The summed E-state index contributed by atoms with van der Waals surface area (Å²) in [6.07, 6.45) is 4.73. The van der Waals surface area contributed by atoms with Crippen LogP contribution in [0, 0.1) is 17.7 Å². The molecule has 5 nitrogen and oxygen atoms in total. The van der Waals surface area contributed by atoms with Gasteiger partial charge in [-0.3, -0.25) is 14.8 Å². The number of carbonyl (C=O) groups excluding carboxylic acids is 1. The first-order valence-electron chi connectivity index (χ1n) is 8.85. The van der Waals surface area contributed by atoms with Crippen LogP contribution in [0.4, 0.5) is 4.39 Å². The van der Waals surface area contributed by atoms with Gasteiger partial charge in [0.2, 0.25) is 5.91 Å². The van der Waals surface area contributed by atoms with E-state index in [2.05, 4.69) is 27.5 Å². The Balaban J connectivity index is 1.45. The van der Waals surface area contributed by atoms with Gasteiger partial charge in [-0.2, -0.15) is 5.10 Å².